The summed E-state index contributed by atoms with van der Waals surface area (Å²) < 4.78 is 0. The first-order chi connectivity index (χ1) is 13.1. The average molecular weight is 370 g/mol. The zero-order valence-electron chi connectivity index (χ0n) is 15.7. The molecular formula is C20H26N4O3. The minimum atomic E-state index is -0.163. The number of hydrogen-bond donors (Lipinski definition) is 1. The highest BCUT2D eigenvalue weighted by Crippen LogP contribution is 2.13. The molecule has 1 saturated heterocycles. The van der Waals surface area contributed by atoms with E-state index in [0.717, 1.165) is 19.3 Å². The Morgan fingerprint density at radius 2 is 1.67 bits per heavy atom. The van der Waals surface area contributed by atoms with Crippen LogP contribution in [-0.2, 0) is 16.0 Å². The van der Waals surface area contributed by atoms with E-state index in [2.05, 4.69) is 17.5 Å². The first-order valence-corrected chi connectivity index (χ1v) is 9.61. The van der Waals surface area contributed by atoms with Gasteiger partial charge in [-0.3, -0.25) is 14.4 Å². The van der Waals surface area contributed by atoms with Crippen LogP contribution in [0.15, 0.2) is 29.4 Å². The van der Waals surface area contributed by atoms with Gasteiger partial charge in [0, 0.05) is 44.6 Å². The summed E-state index contributed by atoms with van der Waals surface area (Å²) in [4.78, 5) is 40.1. The van der Waals surface area contributed by atoms with E-state index in [1.165, 1.54) is 5.56 Å². The molecule has 2 aliphatic heterocycles. The highest BCUT2D eigenvalue weighted by molar-refractivity contribution is 6.39. The van der Waals surface area contributed by atoms with Crippen molar-refractivity contribution in [2.75, 3.05) is 26.2 Å². The van der Waals surface area contributed by atoms with Gasteiger partial charge in [0.15, 0.2) is 0 Å². The van der Waals surface area contributed by atoms with Crippen molar-refractivity contribution < 1.29 is 14.4 Å². The summed E-state index contributed by atoms with van der Waals surface area (Å²) in [6.45, 7) is 4.33. The molecule has 3 rings (SSSR count). The normalized spacial score (nSPS) is 17.8. The number of nitrogens with zero attached hydrogens (tertiary/aromatic N) is 3. The predicted molar refractivity (Wildman–Crippen MR) is 102 cm³/mol. The Kier molecular flexibility index (Phi) is 6.21. The van der Waals surface area contributed by atoms with Gasteiger partial charge in [0.2, 0.25) is 5.91 Å². The minimum absolute atomic E-state index is 0.00891. The molecule has 3 amide bonds. The van der Waals surface area contributed by atoms with Crippen LogP contribution in [0, 0.1) is 0 Å². The molecule has 0 atom stereocenters. The van der Waals surface area contributed by atoms with Gasteiger partial charge < -0.3 is 9.80 Å². The maximum absolute atomic E-state index is 12.8. The van der Waals surface area contributed by atoms with Gasteiger partial charge in [-0.1, -0.05) is 25.5 Å². The van der Waals surface area contributed by atoms with Gasteiger partial charge >= 0.3 is 0 Å². The Hall–Kier alpha value is -2.70. The Morgan fingerprint density at radius 3 is 2.26 bits per heavy atom. The third-order valence-corrected chi connectivity index (χ3v) is 4.96. The maximum atomic E-state index is 12.8. The van der Waals surface area contributed by atoms with Crippen molar-refractivity contribution in [3.8, 4) is 0 Å². The number of carbonyl (C=O) groups excluding carboxylic acids is 3. The Labute approximate surface area is 159 Å². The second-order valence-corrected chi connectivity index (χ2v) is 6.98. The number of hydrazone groups is 1. The first kappa shape index (κ1) is 19.1. The fourth-order valence-electron chi connectivity index (χ4n) is 3.42. The van der Waals surface area contributed by atoms with Gasteiger partial charge in [0.25, 0.3) is 11.8 Å². The molecule has 7 heteroatoms. The second kappa shape index (κ2) is 8.79. The summed E-state index contributed by atoms with van der Waals surface area (Å²) in [5, 5.41) is 3.89. The van der Waals surface area contributed by atoms with Crippen LogP contribution in [0.25, 0.3) is 0 Å². The van der Waals surface area contributed by atoms with Crippen LogP contribution in [0.1, 0.15) is 48.5 Å². The summed E-state index contributed by atoms with van der Waals surface area (Å²) in [7, 11) is 0. The van der Waals surface area contributed by atoms with Crippen LogP contribution in [0.5, 0.6) is 0 Å². The molecule has 1 N–H and O–H groups in total. The molecule has 1 fully saturated rings. The van der Waals surface area contributed by atoms with Gasteiger partial charge in [-0.25, -0.2) is 5.43 Å². The van der Waals surface area contributed by atoms with E-state index in [-0.39, 0.29) is 24.1 Å². The van der Waals surface area contributed by atoms with Gasteiger partial charge in [0.1, 0.15) is 5.71 Å². The van der Waals surface area contributed by atoms with Crippen molar-refractivity contribution in [2.24, 2.45) is 5.10 Å². The third-order valence-electron chi connectivity index (χ3n) is 4.96. The van der Waals surface area contributed by atoms with E-state index in [4.69, 9.17) is 0 Å². The smallest absolute Gasteiger partial charge is 0.270 e. The fraction of sp³-hybridized carbons (Fsp3) is 0.500. The lowest BCUT2D eigenvalue weighted by Gasteiger charge is -2.23. The van der Waals surface area contributed by atoms with Crippen molar-refractivity contribution in [3.05, 3.63) is 35.4 Å². The Bertz CT molecular complexity index is 742. The Balaban J connectivity index is 1.59. The monoisotopic (exact) mass is 370 g/mol. The van der Waals surface area contributed by atoms with E-state index in [9.17, 15) is 14.4 Å². The van der Waals surface area contributed by atoms with Crippen molar-refractivity contribution in [2.45, 2.75) is 39.0 Å². The number of carbonyl (C=O) groups is 3. The first-order valence-electron chi connectivity index (χ1n) is 9.61. The van der Waals surface area contributed by atoms with Crippen LogP contribution in [0.4, 0.5) is 0 Å². The number of benzene rings is 1. The molecule has 7 nitrogen and oxygen atoms in total. The van der Waals surface area contributed by atoms with Crippen molar-refractivity contribution in [1.29, 1.82) is 0 Å². The highest BCUT2D eigenvalue weighted by Gasteiger charge is 2.27. The van der Waals surface area contributed by atoms with Crippen LogP contribution < -0.4 is 5.43 Å². The lowest BCUT2D eigenvalue weighted by Crippen LogP contribution is -2.42. The molecule has 0 spiro atoms. The number of aryl methyl sites for hydroxylation is 1. The molecular weight excluding hydrogens is 344 g/mol. The van der Waals surface area contributed by atoms with Crippen molar-refractivity contribution in [1.82, 2.24) is 15.2 Å². The number of nitrogens with one attached hydrogen (secondary N) is 1. The fourth-order valence-corrected chi connectivity index (χ4v) is 3.42. The maximum Gasteiger partial charge on any atom is 0.270 e. The highest BCUT2D eigenvalue weighted by atomic mass is 16.2. The van der Waals surface area contributed by atoms with Gasteiger partial charge in [0.05, 0.1) is 0 Å². The van der Waals surface area contributed by atoms with Crippen molar-refractivity contribution >= 4 is 23.4 Å². The molecule has 0 radical (unpaired) electrons. The van der Waals surface area contributed by atoms with Crippen LogP contribution >= 0.6 is 0 Å². The zero-order chi connectivity index (χ0) is 19.2. The predicted octanol–water partition coefficient (Wildman–Crippen LogP) is 1.58. The summed E-state index contributed by atoms with van der Waals surface area (Å²) in [6.07, 6.45) is 3.48. The largest absolute Gasteiger partial charge is 0.337 e. The third kappa shape index (κ3) is 4.72. The number of rotatable bonds is 4. The standard InChI is InChI=1S/C20H26N4O3/c1-2-4-15-5-7-16(8-6-15)19(26)23-11-3-12-24(14-13-23)20(27)17-9-10-18(25)22-21-17/h5-8H,2-4,9-14H2,1H3,(H,22,25). The summed E-state index contributed by atoms with van der Waals surface area (Å²) in [5.74, 6) is -0.299. The molecule has 2 aliphatic rings. The van der Waals surface area contributed by atoms with E-state index >= 15 is 0 Å². The molecule has 1 aromatic carbocycles. The topological polar surface area (TPSA) is 82.1 Å². The number of amides is 3. The molecule has 144 valence electrons. The van der Waals surface area contributed by atoms with Gasteiger partial charge in [-0.15, -0.1) is 0 Å². The lowest BCUT2D eigenvalue weighted by molar-refractivity contribution is -0.124. The van der Waals surface area contributed by atoms with Crippen LogP contribution in [0.3, 0.4) is 0 Å². The summed E-state index contributed by atoms with van der Waals surface area (Å²) in [6, 6.07) is 7.81. The van der Waals surface area contributed by atoms with Gasteiger partial charge in [-0.2, -0.15) is 5.10 Å². The summed E-state index contributed by atoms with van der Waals surface area (Å²) >= 11 is 0. The minimum Gasteiger partial charge on any atom is -0.337 e. The number of hydrogen-bond acceptors (Lipinski definition) is 4. The molecule has 1 aromatic rings. The van der Waals surface area contributed by atoms with E-state index in [1.54, 1.807) is 4.90 Å². The van der Waals surface area contributed by atoms with E-state index < -0.39 is 0 Å². The molecule has 0 unspecified atom stereocenters. The van der Waals surface area contributed by atoms with Gasteiger partial charge in [-0.05, 0) is 30.5 Å². The Morgan fingerprint density at radius 1 is 1.00 bits per heavy atom. The van der Waals surface area contributed by atoms with Crippen LogP contribution in [-0.4, -0.2) is 59.4 Å². The molecule has 2 heterocycles. The van der Waals surface area contributed by atoms with Crippen molar-refractivity contribution in [3.63, 3.8) is 0 Å². The molecule has 27 heavy (non-hydrogen) atoms. The second-order valence-electron chi connectivity index (χ2n) is 6.98. The quantitative estimate of drug-likeness (QED) is 0.874. The van der Waals surface area contributed by atoms with E-state index in [0.29, 0.717) is 43.9 Å². The SMILES string of the molecule is CCCc1ccc(C(=O)N2CCCN(C(=O)C3=NNC(=O)CC3)CC2)cc1. The molecule has 0 aromatic heterocycles. The van der Waals surface area contributed by atoms with Crippen LogP contribution in [0.2, 0.25) is 0 Å². The van der Waals surface area contributed by atoms with E-state index in [1.807, 2.05) is 29.2 Å². The molecule has 0 aliphatic carbocycles. The summed E-state index contributed by atoms with van der Waals surface area (Å²) in [5.41, 5.74) is 4.68. The molecule has 0 bridgehead atoms. The lowest BCUT2D eigenvalue weighted by atomic mass is 10.1. The average Bonchev–Trinajstić information content (AvgIpc) is 2.94. The molecule has 0 saturated carbocycles. The zero-order valence-corrected chi connectivity index (χ0v) is 15.7.